The van der Waals surface area contributed by atoms with Gasteiger partial charge in [0.05, 0.1) is 0 Å². The Morgan fingerprint density at radius 3 is 2.55 bits per heavy atom. The number of nitrogens with zero attached hydrogens (tertiary/aromatic N) is 4. The van der Waals surface area contributed by atoms with Crippen molar-refractivity contribution in [3.63, 3.8) is 0 Å². The lowest BCUT2D eigenvalue weighted by Crippen LogP contribution is -2.46. The first kappa shape index (κ1) is 15.1. The van der Waals surface area contributed by atoms with E-state index in [0.717, 1.165) is 50.0 Å². The summed E-state index contributed by atoms with van der Waals surface area (Å²) in [5, 5.41) is 3.51. The third-order valence-electron chi connectivity index (χ3n) is 4.57. The van der Waals surface area contributed by atoms with Crippen molar-refractivity contribution in [2.75, 3.05) is 36.4 Å². The van der Waals surface area contributed by atoms with Crippen molar-refractivity contribution in [3.8, 4) is 0 Å². The van der Waals surface area contributed by atoms with Crippen LogP contribution in [0.1, 0.15) is 37.8 Å². The molecule has 0 atom stereocenters. The fourth-order valence-electron chi connectivity index (χ4n) is 3.26. The third kappa shape index (κ3) is 3.67. The molecule has 6 nitrogen and oxygen atoms in total. The van der Waals surface area contributed by atoms with Gasteiger partial charge in [-0.05, 0) is 19.8 Å². The highest BCUT2D eigenvalue weighted by molar-refractivity contribution is 5.50. The lowest BCUT2D eigenvalue weighted by Gasteiger charge is -2.33. The van der Waals surface area contributed by atoms with Gasteiger partial charge < -0.3 is 15.1 Å². The minimum absolute atomic E-state index is 0.510. The quantitative estimate of drug-likeness (QED) is 0.860. The number of nitrogens with one attached hydrogen (secondary N) is 1. The average molecular weight is 303 g/mol. The molecule has 6 heteroatoms. The van der Waals surface area contributed by atoms with Crippen molar-refractivity contribution in [1.82, 2.24) is 14.9 Å². The summed E-state index contributed by atoms with van der Waals surface area (Å²) in [5.74, 6) is 1.72. The molecule has 1 aliphatic heterocycles. The standard InChI is InChI=1S/C16H25N5O/c1-13-11-15(21-9-7-20(12-22)8-10-21)19-16(17-13)18-14-5-3-2-4-6-14/h11-12,14H,2-10H2,1H3,(H,17,18,19). The van der Waals surface area contributed by atoms with E-state index >= 15 is 0 Å². The van der Waals surface area contributed by atoms with Crippen molar-refractivity contribution in [2.24, 2.45) is 0 Å². The lowest BCUT2D eigenvalue weighted by molar-refractivity contribution is -0.118. The van der Waals surface area contributed by atoms with Gasteiger partial charge in [0, 0.05) is 44.0 Å². The number of amides is 1. The van der Waals surface area contributed by atoms with Crippen molar-refractivity contribution in [1.29, 1.82) is 0 Å². The van der Waals surface area contributed by atoms with Crippen LogP contribution < -0.4 is 10.2 Å². The van der Waals surface area contributed by atoms with Gasteiger partial charge in [0.2, 0.25) is 12.4 Å². The van der Waals surface area contributed by atoms with Gasteiger partial charge in [0.25, 0.3) is 0 Å². The molecule has 1 aliphatic carbocycles. The molecule has 0 unspecified atom stereocenters. The number of aryl methyl sites for hydroxylation is 1. The van der Waals surface area contributed by atoms with Gasteiger partial charge >= 0.3 is 0 Å². The Hall–Kier alpha value is -1.85. The molecule has 0 aromatic carbocycles. The van der Waals surface area contributed by atoms with Crippen LogP contribution in [0.25, 0.3) is 0 Å². The third-order valence-corrected chi connectivity index (χ3v) is 4.57. The van der Waals surface area contributed by atoms with E-state index in [-0.39, 0.29) is 0 Å². The van der Waals surface area contributed by atoms with Crippen LogP contribution in [0.5, 0.6) is 0 Å². The van der Waals surface area contributed by atoms with Crippen LogP contribution in [-0.4, -0.2) is 53.5 Å². The van der Waals surface area contributed by atoms with Crippen LogP contribution >= 0.6 is 0 Å². The zero-order chi connectivity index (χ0) is 15.4. The fourth-order valence-corrected chi connectivity index (χ4v) is 3.26. The van der Waals surface area contributed by atoms with Gasteiger partial charge in [-0.1, -0.05) is 19.3 Å². The molecule has 2 heterocycles. The highest BCUT2D eigenvalue weighted by Gasteiger charge is 2.19. The number of aromatic nitrogens is 2. The summed E-state index contributed by atoms with van der Waals surface area (Å²) >= 11 is 0. The SMILES string of the molecule is Cc1cc(N2CCN(C=O)CC2)nc(NC2CCCCC2)n1. The van der Waals surface area contributed by atoms with Crippen molar-refractivity contribution >= 4 is 18.2 Å². The Labute approximate surface area is 131 Å². The molecule has 2 fully saturated rings. The summed E-state index contributed by atoms with van der Waals surface area (Å²) in [6.07, 6.45) is 7.29. The molecule has 1 saturated carbocycles. The first-order valence-electron chi connectivity index (χ1n) is 8.31. The molecular formula is C16H25N5O. The number of piperazine rings is 1. The molecular weight excluding hydrogens is 278 g/mol. The number of rotatable bonds is 4. The van der Waals surface area contributed by atoms with Crippen LogP contribution in [0.2, 0.25) is 0 Å². The maximum atomic E-state index is 10.8. The van der Waals surface area contributed by atoms with E-state index in [2.05, 4.69) is 15.2 Å². The Kier molecular flexibility index (Phi) is 4.75. The normalized spacial score (nSPS) is 20.0. The molecule has 22 heavy (non-hydrogen) atoms. The highest BCUT2D eigenvalue weighted by Crippen LogP contribution is 2.22. The summed E-state index contributed by atoms with van der Waals surface area (Å²) in [4.78, 5) is 24.1. The molecule has 2 aliphatic rings. The van der Waals surface area contributed by atoms with Gasteiger partial charge in [-0.15, -0.1) is 0 Å². The molecule has 1 aromatic rings. The number of anilines is 2. The van der Waals surface area contributed by atoms with E-state index in [1.54, 1.807) is 0 Å². The van der Waals surface area contributed by atoms with Crippen LogP contribution in [-0.2, 0) is 4.79 Å². The Bertz CT molecular complexity index is 507. The Balaban J connectivity index is 1.68. The van der Waals surface area contributed by atoms with E-state index < -0.39 is 0 Å². The summed E-state index contributed by atoms with van der Waals surface area (Å²) < 4.78 is 0. The predicted octanol–water partition coefficient (Wildman–Crippen LogP) is 1.81. The average Bonchev–Trinajstić information content (AvgIpc) is 2.55. The Morgan fingerprint density at radius 1 is 1.14 bits per heavy atom. The number of carbonyl (C=O) groups is 1. The van der Waals surface area contributed by atoms with Crippen molar-refractivity contribution in [2.45, 2.75) is 45.1 Å². The van der Waals surface area contributed by atoms with Gasteiger partial charge in [-0.3, -0.25) is 4.79 Å². The maximum Gasteiger partial charge on any atom is 0.225 e. The zero-order valence-corrected chi connectivity index (χ0v) is 13.3. The lowest BCUT2D eigenvalue weighted by atomic mass is 9.96. The molecule has 1 aromatic heterocycles. The van der Waals surface area contributed by atoms with Gasteiger partial charge in [0.15, 0.2) is 0 Å². The first-order valence-corrected chi connectivity index (χ1v) is 8.31. The molecule has 0 radical (unpaired) electrons. The molecule has 0 spiro atoms. The monoisotopic (exact) mass is 303 g/mol. The number of hydrogen-bond donors (Lipinski definition) is 1. The number of carbonyl (C=O) groups excluding carboxylic acids is 1. The minimum Gasteiger partial charge on any atom is -0.353 e. The van der Waals surface area contributed by atoms with Crippen LogP contribution in [0.15, 0.2) is 6.07 Å². The van der Waals surface area contributed by atoms with E-state index in [1.807, 2.05) is 17.9 Å². The van der Waals surface area contributed by atoms with Crippen LogP contribution in [0.3, 0.4) is 0 Å². The van der Waals surface area contributed by atoms with E-state index in [4.69, 9.17) is 4.98 Å². The van der Waals surface area contributed by atoms with E-state index in [1.165, 1.54) is 32.1 Å². The molecule has 3 rings (SSSR count). The molecule has 1 saturated heterocycles. The largest absolute Gasteiger partial charge is 0.353 e. The number of hydrogen-bond acceptors (Lipinski definition) is 5. The molecule has 1 amide bonds. The zero-order valence-electron chi connectivity index (χ0n) is 13.3. The van der Waals surface area contributed by atoms with Gasteiger partial charge in [-0.25, -0.2) is 4.98 Å². The summed E-state index contributed by atoms with van der Waals surface area (Å²) in [6, 6.07) is 2.54. The van der Waals surface area contributed by atoms with Gasteiger partial charge in [-0.2, -0.15) is 4.98 Å². The van der Waals surface area contributed by atoms with Crippen molar-refractivity contribution < 1.29 is 4.79 Å². The smallest absolute Gasteiger partial charge is 0.225 e. The second-order valence-corrected chi connectivity index (χ2v) is 6.30. The topological polar surface area (TPSA) is 61.4 Å². The summed E-state index contributed by atoms with van der Waals surface area (Å²) in [6.45, 7) is 5.20. The Morgan fingerprint density at radius 2 is 1.86 bits per heavy atom. The van der Waals surface area contributed by atoms with Gasteiger partial charge in [0.1, 0.15) is 5.82 Å². The summed E-state index contributed by atoms with van der Waals surface area (Å²) in [5.41, 5.74) is 0.987. The second kappa shape index (κ2) is 6.94. The van der Waals surface area contributed by atoms with Crippen LogP contribution in [0.4, 0.5) is 11.8 Å². The second-order valence-electron chi connectivity index (χ2n) is 6.30. The molecule has 1 N–H and O–H groups in total. The molecule has 120 valence electrons. The minimum atomic E-state index is 0.510. The maximum absolute atomic E-state index is 10.8. The highest BCUT2D eigenvalue weighted by atomic mass is 16.1. The summed E-state index contributed by atoms with van der Waals surface area (Å²) in [7, 11) is 0. The van der Waals surface area contributed by atoms with E-state index in [9.17, 15) is 4.79 Å². The fraction of sp³-hybridized carbons (Fsp3) is 0.688. The van der Waals surface area contributed by atoms with Crippen molar-refractivity contribution in [3.05, 3.63) is 11.8 Å². The van der Waals surface area contributed by atoms with E-state index in [0.29, 0.717) is 6.04 Å². The molecule has 0 bridgehead atoms. The predicted molar refractivity (Wildman–Crippen MR) is 87.1 cm³/mol. The van der Waals surface area contributed by atoms with Crippen LogP contribution in [0, 0.1) is 6.92 Å². The first-order chi connectivity index (χ1) is 10.7.